The van der Waals surface area contributed by atoms with Gasteiger partial charge in [-0.2, -0.15) is 0 Å². The Morgan fingerprint density at radius 3 is 2.81 bits per heavy atom. The third-order valence-corrected chi connectivity index (χ3v) is 4.73. The summed E-state index contributed by atoms with van der Waals surface area (Å²) in [6.45, 7) is 0.748. The van der Waals surface area contributed by atoms with E-state index in [2.05, 4.69) is 0 Å². The van der Waals surface area contributed by atoms with Crippen molar-refractivity contribution in [2.75, 3.05) is 12.3 Å². The van der Waals surface area contributed by atoms with Crippen LogP contribution in [0.2, 0.25) is 0 Å². The summed E-state index contributed by atoms with van der Waals surface area (Å²) in [6.07, 6.45) is 5.62. The fourth-order valence-electron chi connectivity index (χ4n) is 3.71. The van der Waals surface area contributed by atoms with Crippen LogP contribution in [0.5, 0.6) is 0 Å². The van der Waals surface area contributed by atoms with E-state index < -0.39 is 4.92 Å². The lowest BCUT2D eigenvalue weighted by atomic mass is 9.91. The van der Waals surface area contributed by atoms with Crippen molar-refractivity contribution in [3.05, 3.63) is 33.9 Å². The van der Waals surface area contributed by atoms with Crippen LogP contribution in [0, 0.1) is 16.0 Å². The predicted octanol–water partition coefficient (Wildman–Crippen LogP) is 2.58. The Balaban J connectivity index is 1.88. The zero-order chi connectivity index (χ0) is 15.0. The van der Waals surface area contributed by atoms with E-state index in [1.807, 2.05) is 4.90 Å². The average Bonchev–Trinajstić information content (AvgIpc) is 2.95. The Morgan fingerprint density at radius 2 is 2.05 bits per heavy atom. The number of nitrogens with two attached hydrogens (primary N) is 1. The molecule has 1 aliphatic carbocycles. The number of fused-ring (bicyclic) bond motifs is 1. The maximum Gasteiger partial charge on any atom is 0.292 e. The SMILES string of the molecule is Nc1ccc(C(=O)N2CCCC3CCCC32)cc1[N+](=O)[O-]. The molecule has 0 bridgehead atoms. The van der Waals surface area contributed by atoms with Crippen molar-refractivity contribution in [2.45, 2.75) is 38.1 Å². The van der Waals surface area contributed by atoms with Gasteiger partial charge in [0.15, 0.2) is 0 Å². The van der Waals surface area contributed by atoms with Crippen LogP contribution >= 0.6 is 0 Å². The van der Waals surface area contributed by atoms with Crippen LogP contribution in [0.15, 0.2) is 18.2 Å². The van der Waals surface area contributed by atoms with E-state index in [0.717, 1.165) is 19.4 Å². The quantitative estimate of drug-likeness (QED) is 0.514. The van der Waals surface area contributed by atoms with E-state index in [1.165, 1.54) is 31.4 Å². The number of amides is 1. The predicted molar refractivity (Wildman–Crippen MR) is 78.9 cm³/mol. The van der Waals surface area contributed by atoms with Crippen molar-refractivity contribution < 1.29 is 9.72 Å². The fourth-order valence-corrected chi connectivity index (χ4v) is 3.71. The summed E-state index contributed by atoms with van der Waals surface area (Å²) in [6, 6.07) is 4.64. The van der Waals surface area contributed by atoms with Gasteiger partial charge in [-0.25, -0.2) is 0 Å². The first kappa shape index (κ1) is 13.9. The Hall–Kier alpha value is -2.11. The lowest BCUT2D eigenvalue weighted by molar-refractivity contribution is -0.383. The minimum atomic E-state index is -0.541. The van der Waals surface area contributed by atoms with Gasteiger partial charge in [-0.05, 0) is 43.7 Å². The molecule has 3 rings (SSSR count). The van der Waals surface area contributed by atoms with Crippen molar-refractivity contribution >= 4 is 17.3 Å². The molecule has 6 heteroatoms. The summed E-state index contributed by atoms with van der Waals surface area (Å²) in [5.74, 6) is 0.501. The Kier molecular flexibility index (Phi) is 3.53. The van der Waals surface area contributed by atoms with Crippen molar-refractivity contribution in [3.8, 4) is 0 Å². The van der Waals surface area contributed by atoms with Gasteiger partial charge in [-0.1, -0.05) is 6.42 Å². The molecule has 2 N–H and O–H groups in total. The van der Waals surface area contributed by atoms with Crippen molar-refractivity contribution in [1.82, 2.24) is 4.90 Å². The van der Waals surface area contributed by atoms with Gasteiger partial charge >= 0.3 is 0 Å². The molecular weight excluding hydrogens is 270 g/mol. The third kappa shape index (κ3) is 2.46. The number of nitrogen functional groups attached to an aromatic ring is 1. The zero-order valence-electron chi connectivity index (χ0n) is 11.8. The van der Waals surface area contributed by atoms with Crippen LogP contribution in [-0.2, 0) is 0 Å². The summed E-state index contributed by atoms with van der Waals surface area (Å²) in [7, 11) is 0. The second-order valence-corrected chi connectivity index (χ2v) is 5.93. The molecule has 2 fully saturated rings. The Bertz CT molecular complexity index is 588. The number of likely N-dealkylation sites (tertiary alicyclic amines) is 1. The summed E-state index contributed by atoms with van der Waals surface area (Å²) in [4.78, 5) is 25.0. The molecule has 2 unspecified atom stereocenters. The number of carbonyl (C=O) groups excluding carboxylic acids is 1. The molecule has 21 heavy (non-hydrogen) atoms. The fraction of sp³-hybridized carbons (Fsp3) is 0.533. The molecule has 112 valence electrons. The van der Waals surface area contributed by atoms with Crippen LogP contribution in [0.4, 0.5) is 11.4 Å². The maximum atomic E-state index is 12.7. The summed E-state index contributed by atoms with van der Waals surface area (Å²) >= 11 is 0. The number of rotatable bonds is 2. The maximum absolute atomic E-state index is 12.7. The van der Waals surface area contributed by atoms with Gasteiger partial charge < -0.3 is 10.6 Å². The van der Waals surface area contributed by atoms with E-state index in [0.29, 0.717) is 17.5 Å². The van der Waals surface area contributed by atoms with Crippen LogP contribution in [0.1, 0.15) is 42.5 Å². The lowest BCUT2D eigenvalue weighted by Crippen LogP contribution is -2.46. The molecular formula is C15H19N3O3. The highest BCUT2D eigenvalue weighted by molar-refractivity contribution is 5.96. The van der Waals surface area contributed by atoms with Crippen LogP contribution in [-0.4, -0.2) is 28.3 Å². The number of benzene rings is 1. The van der Waals surface area contributed by atoms with Crippen LogP contribution in [0.25, 0.3) is 0 Å². The Morgan fingerprint density at radius 1 is 1.29 bits per heavy atom. The van der Waals surface area contributed by atoms with Gasteiger partial charge in [0, 0.05) is 24.2 Å². The van der Waals surface area contributed by atoms with Crippen molar-refractivity contribution in [3.63, 3.8) is 0 Å². The number of piperidine rings is 1. The molecule has 1 saturated carbocycles. The third-order valence-electron chi connectivity index (χ3n) is 4.73. The van der Waals surface area contributed by atoms with Crippen molar-refractivity contribution in [1.29, 1.82) is 0 Å². The van der Waals surface area contributed by atoms with Gasteiger partial charge in [0.2, 0.25) is 0 Å². The highest BCUT2D eigenvalue weighted by Gasteiger charge is 2.37. The van der Waals surface area contributed by atoms with Gasteiger partial charge in [-0.3, -0.25) is 14.9 Å². The minimum Gasteiger partial charge on any atom is -0.393 e. The van der Waals surface area contributed by atoms with Gasteiger partial charge in [0.1, 0.15) is 5.69 Å². The highest BCUT2D eigenvalue weighted by Crippen LogP contribution is 2.37. The summed E-state index contributed by atoms with van der Waals surface area (Å²) < 4.78 is 0. The monoisotopic (exact) mass is 289 g/mol. The molecule has 1 aromatic rings. The minimum absolute atomic E-state index is 0.0916. The molecule has 2 aliphatic rings. The molecule has 1 amide bonds. The highest BCUT2D eigenvalue weighted by atomic mass is 16.6. The number of nitro benzene ring substituents is 1. The first-order valence-electron chi connectivity index (χ1n) is 7.43. The van der Waals surface area contributed by atoms with Crippen LogP contribution < -0.4 is 5.73 Å². The molecule has 0 radical (unpaired) electrons. The number of anilines is 1. The molecule has 1 aromatic carbocycles. The second-order valence-electron chi connectivity index (χ2n) is 5.93. The van der Waals surface area contributed by atoms with Gasteiger partial charge in [0.05, 0.1) is 4.92 Å². The molecule has 1 saturated heterocycles. The molecule has 1 heterocycles. The molecule has 2 atom stereocenters. The lowest BCUT2D eigenvalue weighted by Gasteiger charge is -2.37. The largest absolute Gasteiger partial charge is 0.393 e. The summed E-state index contributed by atoms with van der Waals surface area (Å²) in [5, 5.41) is 11.0. The van der Waals surface area contributed by atoms with E-state index in [1.54, 1.807) is 6.07 Å². The second kappa shape index (κ2) is 5.35. The number of hydrogen-bond donors (Lipinski definition) is 1. The number of nitro groups is 1. The molecule has 0 spiro atoms. The number of carbonyl (C=O) groups is 1. The number of hydrogen-bond acceptors (Lipinski definition) is 4. The van der Waals surface area contributed by atoms with E-state index in [4.69, 9.17) is 5.73 Å². The normalized spacial score (nSPS) is 24.7. The molecule has 0 aromatic heterocycles. The van der Waals surface area contributed by atoms with E-state index in [9.17, 15) is 14.9 Å². The first-order chi connectivity index (χ1) is 10.1. The van der Waals surface area contributed by atoms with Crippen LogP contribution in [0.3, 0.4) is 0 Å². The summed E-state index contributed by atoms with van der Waals surface area (Å²) in [5.41, 5.74) is 5.85. The topological polar surface area (TPSA) is 89.5 Å². The van der Waals surface area contributed by atoms with Crippen molar-refractivity contribution in [2.24, 2.45) is 5.92 Å². The van der Waals surface area contributed by atoms with Gasteiger partial charge in [-0.15, -0.1) is 0 Å². The first-order valence-corrected chi connectivity index (χ1v) is 7.43. The average molecular weight is 289 g/mol. The molecule has 1 aliphatic heterocycles. The number of nitrogens with zero attached hydrogens (tertiary/aromatic N) is 2. The smallest absolute Gasteiger partial charge is 0.292 e. The van der Waals surface area contributed by atoms with E-state index >= 15 is 0 Å². The van der Waals surface area contributed by atoms with E-state index in [-0.39, 0.29) is 17.3 Å². The Labute approximate surface area is 123 Å². The van der Waals surface area contributed by atoms with Gasteiger partial charge in [0.25, 0.3) is 11.6 Å². The molecule has 6 nitrogen and oxygen atoms in total. The zero-order valence-corrected chi connectivity index (χ0v) is 11.8. The standard InChI is InChI=1S/C15H19N3O3/c16-12-7-6-11(9-14(12)18(20)21)15(19)17-8-2-4-10-3-1-5-13(10)17/h6-7,9-10,13H,1-5,8,16H2.